The number of pyridine rings is 1. The summed E-state index contributed by atoms with van der Waals surface area (Å²) >= 11 is 0. The molecule has 1 aromatic heterocycles. The van der Waals surface area contributed by atoms with Gasteiger partial charge in [0.15, 0.2) is 0 Å². The van der Waals surface area contributed by atoms with Gasteiger partial charge in [-0.25, -0.2) is 0 Å². The molecule has 3 heterocycles. The minimum absolute atomic E-state index is 0.107. The SMILES string of the molecule is C=CC1=C(/C=C\C)CN(C(C(=O)N2CCCC2C(=O)NCc2ccc(-c3ccncc3C)cc2)C(C)C)C1=O. The Morgan fingerprint density at radius 2 is 1.95 bits per heavy atom. The van der Waals surface area contributed by atoms with E-state index in [1.807, 2.05) is 76.4 Å². The predicted molar refractivity (Wildman–Crippen MR) is 153 cm³/mol. The number of aryl methyl sites for hydroxylation is 1. The van der Waals surface area contributed by atoms with E-state index in [4.69, 9.17) is 0 Å². The molecular weight excluding hydrogens is 488 g/mol. The number of amides is 3. The molecule has 0 aliphatic carbocycles. The maximum absolute atomic E-state index is 13.9. The Morgan fingerprint density at radius 1 is 1.21 bits per heavy atom. The summed E-state index contributed by atoms with van der Waals surface area (Å²) in [6, 6.07) is 8.91. The fourth-order valence-electron chi connectivity index (χ4n) is 5.58. The molecule has 1 saturated heterocycles. The summed E-state index contributed by atoms with van der Waals surface area (Å²) in [5, 5.41) is 3.03. The first kappa shape index (κ1) is 28.0. The lowest BCUT2D eigenvalue weighted by Crippen LogP contribution is -2.55. The second kappa shape index (κ2) is 12.2. The molecule has 2 aromatic rings. The van der Waals surface area contributed by atoms with E-state index in [1.54, 1.807) is 22.1 Å². The Balaban J connectivity index is 1.43. The molecule has 2 aliphatic heterocycles. The summed E-state index contributed by atoms with van der Waals surface area (Å²) < 4.78 is 0. The van der Waals surface area contributed by atoms with Crippen LogP contribution in [0.3, 0.4) is 0 Å². The van der Waals surface area contributed by atoms with Gasteiger partial charge >= 0.3 is 0 Å². The molecule has 2 atom stereocenters. The molecule has 4 rings (SSSR count). The van der Waals surface area contributed by atoms with Gasteiger partial charge in [-0.3, -0.25) is 19.4 Å². The van der Waals surface area contributed by atoms with Crippen molar-refractivity contribution in [1.29, 1.82) is 0 Å². The van der Waals surface area contributed by atoms with Crippen molar-refractivity contribution in [2.24, 2.45) is 5.92 Å². The van der Waals surface area contributed by atoms with E-state index < -0.39 is 12.1 Å². The van der Waals surface area contributed by atoms with E-state index in [0.717, 1.165) is 34.2 Å². The molecule has 204 valence electrons. The van der Waals surface area contributed by atoms with Crippen molar-refractivity contribution in [3.63, 3.8) is 0 Å². The molecule has 0 saturated carbocycles. The highest BCUT2D eigenvalue weighted by atomic mass is 16.2. The van der Waals surface area contributed by atoms with Crippen LogP contribution in [0, 0.1) is 12.8 Å². The van der Waals surface area contributed by atoms with Crippen molar-refractivity contribution in [2.45, 2.75) is 59.2 Å². The molecule has 1 aromatic carbocycles. The van der Waals surface area contributed by atoms with Gasteiger partial charge in [0.2, 0.25) is 11.8 Å². The zero-order valence-corrected chi connectivity index (χ0v) is 23.3. The fraction of sp³-hybridized carbons (Fsp3) is 0.375. The largest absolute Gasteiger partial charge is 0.350 e. The molecule has 7 nitrogen and oxygen atoms in total. The third-order valence-corrected chi connectivity index (χ3v) is 7.56. The molecule has 0 radical (unpaired) electrons. The zero-order valence-electron chi connectivity index (χ0n) is 23.3. The molecule has 0 spiro atoms. The summed E-state index contributed by atoms with van der Waals surface area (Å²) in [6.45, 7) is 12.9. The van der Waals surface area contributed by atoms with Crippen LogP contribution in [0.5, 0.6) is 0 Å². The van der Waals surface area contributed by atoms with Crippen LogP contribution in [0.25, 0.3) is 11.1 Å². The van der Waals surface area contributed by atoms with E-state index in [-0.39, 0.29) is 23.6 Å². The summed E-state index contributed by atoms with van der Waals surface area (Å²) in [6.07, 6.45) is 10.3. The van der Waals surface area contributed by atoms with Gasteiger partial charge in [0.25, 0.3) is 5.91 Å². The van der Waals surface area contributed by atoms with E-state index in [2.05, 4.69) is 16.9 Å². The average Bonchev–Trinajstić information content (AvgIpc) is 3.53. The molecule has 39 heavy (non-hydrogen) atoms. The molecule has 0 bridgehead atoms. The van der Waals surface area contributed by atoms with Gasteiger partial charge in [-0.15, -0.1) is 0 Å². The van der Waals surface area contributed by atoms with Crippen LogP contribution >= 0.6 is 0 Å². The number of carbonyl (C=O) groups is 3. The van der Waals surface area contributed by atoms with Crippen LogP contribution in [-0.4, -0.2) is 57.7 Å². The van der Waals surface area contributed by atoms with Crippen molar-refractivity contribution < 1.29 is 14.4 Å². The Kier molecular flexibility index (Phi) is 8.79. The van der Waals surface area contributed by atoms with E-state index in [0.29, 0.717) is 31.6 Å². The van der Waals surface area contributed by atoms with Gasteiger partial charge < -0.3 is 15.1 Å². The standard InChI is InChI=1S/C32H38N4O3/c1-6-9-25-20-36(31(38)26(25)7-2)29(21(3)4)32(39)35-17-8-10-28(35)30(37)34-19-23-11-13-24(14-12-23)27-15-16-33-18-22(27)5/h6-7,9,11-16,18,21,28-29H,2,8,10,17,19-20H2,1,3-5H3,(H,34,37)/b9-6-. The maximum atomic E-state index is 13.9. The van der Waals surface area contributed by atoms with E-state index >= 15 is 0 Å². The number of hydrogen-bond donors (Lipinski definition) is 1. The molecule has 3 amide bonds. The maximum Gasteiger partial charge on any atom is 0.255 e. The van der Waals surface area contributed by atoms with Gasteiger partial charge in [-0.05, 0) is 66.5 Å². The molecule has 2 aliphatic rings. The Bertz CT molecular complexity index is 1310. The average molecular weight is 527 g/mol. The van der Waals surface area contributed by atoms with Crippen LogP contribution in [-0.2, 0) is 20.9 Å². The van der Waals surface area contributed by atoms with Crippen LogP contribution in [0.2, 0.25) is 0 Å². The van der Waals surface area contributed by atoms with Gasteiger partial charge in [0.05, 0.1) is 0 Å². The van der Waals surface area contributed by atoms with E-state index in [9.17, 15) is 14.4 Å². The number of rotatable bonds is 9. The lowest BCUT2D eigenvalue weighted by atomic mass is 10.00. The lowest BCUT2D eigenvalue weighted by molar-refractivity contribution is -0.147. The Morgan fingerprint density at radius 3 is 2.59 bits per heavy atom. The lowest BCUT2D eigenvalue weighted by Gasteiger charge is -2.35. The van der Waals surface area contributed by atoms with Crippen LogP contribution in [0.15, 0.2) is 78.7 Å². The summed E-state index contributed by atoms with van der Waals surface area (Å²) in [5.74, 6) is -0.622. The minimum Gasteiger partial charge on any atom is -0.350 e. The summed E-state index contributed by atoms with van der Waals surface area (Å²) in [5.41, 5.74) is 5.71. The second-order valence-corrected chi connectivity index (χ2v) is 10.6. The van der Waals surface area contributed by atoms with Crippen molar-refractivity contribution in [3.05, 3.63) is 89.8 Å². The smallest absolute Gasteiger partial charge is 0.255 e. The number of benzene rings is 1. The van der Waals surface area contributed by atoms with Gasteiger partial charge in [-0.1, -0.05) is 62.9 Å². The number of hydrogen-bond acceptors (Lipinski definition) is 4. The highest BCUT2D eigenvalue weighted by molar-refractivity contribution is 6.03. The van der Waals surface area contributed by atoms with Crippen molar-refractivity contribution >= 4 is 17.7 Å². The number of nitrogens with zero attached hydrogens (tertiary/aromatic N) is 3. The number of aromatic nitrogens is 1. The first-order chi connectivity index (χ1) is 18.8. The fourth-order valence-corrected chi connectivity index (χ4v) is 5.58. The number of carbonyl (C=O) groups excluding carboxylic acids is 3. The quantitative estimate of drug-likeness (QED) is 0.518. The molecular formula is C32H38N4O3. The number of allylic oxidation sites excluding steroid dienone is 1. The highest BCUT2D eigenvalue weighted by Crippen LogP contribution is 2.29. The summed E-state index contributed by atoms with van der Waals surface area (Å²) in [7, 11) is 0. The zero-order chi connectivity index (χ0) is 28.1. The monoisotopic (exact) mass is 526 g/mol. The Labute approximate surface area is 231 Å². The van der Waals surface area contributed by atoms with Gasteiger partial charge in [0, 0.05) is 37.6 Å². The molecule has 1 fully saturated rings. The second-order valence-electron chi connectivity index (χ2n) is 10.6. The van der Waals surface area contributed by atoms with Crippen LogP contribution < -0.4 is 5.32 Å². The molecule has 7 heteroatoms. The van der Waals surface area contributed by atoms with Crippen molar-refractivity contribution in [1.82, 2.24) is 20.1 Å². The molecule has 1 N–H and O–H groups in total. The topological polar surface area (TPSA) is 82.6 Å². The van der Waals surface area contributed by atoms with Crippen molar-refractivity contribution in [2.75, 3.05) is 13.1 Å². The van der Waals surface area contributed by atoms with E-state index in [1.165, 1.54) is 0 Å². The minimum atomic E-state index is -0.646. The third-order valence-electron chi connectivity index (χ3n) is 7.56. The number of likely N-dealkylation sites (tertiary alicyclic amines) is 1. The van der Waals surface area contributed by atoms with Gasteiger partial charge in [-0.2, -0.15) is 0 Å². The van der Waals surface area contributed by atoms with Crippen LogP contribution in [0.1, 0.15) is 44.7 Å². The highest BCUT2D eigenvalue weighted by Gasteiger charge is 2.43. The van der Waals surface area contributed by atoms with Gasteiger partial charge in [0.1, 0.15) is 12.1 Å². The van der Waals surface area contributed by atoms with Crippen LogP contribution in [0.4, 0.5) is 0 Å². The predicted octanol–water partition coefficient (Wildman–Crippen LogP) is 4.59. The third kappa shape index (κ3) is 5.87. The van der Waals surface area contributed by atoms with Crippen molar-refractivity contribution in [3.8, 4) is 11.1 Å². The number of nitrogens with one attached hydrogen (secondary N) is 1. The Hall–Kier alpha value is -4.00. The normalized spacial score (nSPS) is 18.4. The first-order valence-electron chi connectivity index (χ1n) is 13.6. The first-order valence-corrected chi connectivity index (χ1v) is 13.6. The summed E-state index contributed by atoms with van der Waals surface area (Å²) in [4.78, 5) is 47.8. The molecule has 2 unspecified atom stereocenters.